The van der Waals surface area contributed by atoms with Gasteiger partial charge in [0, 0.05) is 26.4 Å². The molecule has 0 aromatic carbocycles. The van der Waals surface area contributed by atoms with E-state index in [0.717, 1.165) is 32.6 Å². The van der Waals surface area contributed by atoms with Crippen molar-refractivity contribution < 1.29 is 9.84 Å². The highest BCUT2D eigenvalue weighted by atomic mass is 16.5. The minimum Gasteiger partial charge on any atom is -0.396 e. The Hall–Kier alpha value is -0.120. The van der Waals surface area contributed by atoms with Crippen molar-refractivity contribution in [2.45, 2.75) is 12.8 Å². The lowest BCUT2D eigenvalue weighted by Gasteiger charge is -2.28. The van der Waals surface area contributed by atoms with E-state index in [9.17, 15) is 0 Å². The number of hydrogen-bond donors (Lipinski definition) is 2. The number of aliphatic hydroxyl groups excluding tert-OH is 1. The molecule has 1 atom stereocenters. The van der Waals surface area contributed by atoms with Gasteiger partial charge in [0.1, 0.15) is 0 Å². The molecule has 1 fully saturated rings. The maximum absolute atomic E-state index is 9.13. The Morgan fingerprint density at radius 1 is 1.50 bits per heavy atom. The number of rotatable bonds is 4. The molecule has 0 spiro atoms. The van der Waals surface area contributed by atoms with E-state index in [-0.39, 0.29) is 0 Å². The lowest BCUT2D eigenvalue weighted by molar-refractivity contribution is 0.0338. The number of ether oxygens (including phenoxy) is 1. The molecular formula is C9H19NO2. The molecular weight excluding hydrogens is 154 g/mol. The van der Waals surface area contributed by atoms with E-state index < -0.39 is 0 Å². The van der Waals surface area contributed by atoms with Crippen molar-refractivity contribution in [3.8, 4) is 0 Å². The van der Waals surface area contributed by atoms with Crippen LogP contribution in [0, 0.1) is 11.8 Å². The normalized spacial score (nSPS) is 22.5. The molecule has 0 bridgehead atoms. The summed E-state index contributed by atoms with van der Waals surface area (Å²) < 4.78 is 5.27. The summed E-state index contributed by atoms with van der Waals surface area (Å²) >= 11 is 0. The van der Waals surface area contributed by atoms with Gasteiger partial charge in [-0.15, -0.1) is 0 Å². The molecule has 1 rings (SSSR count). The average molecular weight is 173 g/mol. The molecule has 0 aromatic heterocycles. The third-order valence-corrected chi connectivity index (χ3v) is 2.63. The van der Waals surface area contributed by atoms with Crippen LogP contribution in [0.4, 0.5) is 0 Å². The van der Waals surface area contributed by atoms with Gasteiger partial charge < -0.3 is 15.2 Å². The molecule has 1 aliphatic heterocycles. The first kappa shape index (κ1) is 9.96. The van der Waals surface area contributed by atoms with Gasteiger partial charge in [0.05, 0.1) is 0 Å². The van der Waals surface area contributed by atoms with Crippen LogP contribution in [-0.4, -0.2) is 38.5 Å². The monoisotopic (exact) mass is 173 g/mol. The van der Waals surface area contributed by atoms with Crippen LogP contribution in [0.3, 0.4) is 0 Å². The molecule has 12 heavy (non-hydrogen) atoms. The standard InChI is InChI=1S/C9H19NO2/c1-10-6-9(7-11)8-2-4-12-5-3-8/h8-11H,2-7H2,1H3. The second kappa shape index (κ2) is 5.51. The van der Waals surface area contributed by atoms with Crippen LogP contribution in [0.15, 0.2) is 0 Å². The smallest absolute Gasteiger partial charge is 0.0474 e. The van der Waals surface area contributed by atoms with E-state index in [0.29, 0.717) is 18.4 Å². The lowest BCUT2D eigenvalue weighted by Crippen LogP contribution is -2.32. The van der Waals surface area contributed by atoms with Crippen molar-refractivity contribution in [1.82, 2.24) is 5.32 Å². The molecule has 1 heterocycles. The summed E-state index contributed by atoms with van der Waals surface area (Å²) in [6.45, 7) is 2.95. The molecule has 72 valence electrons. The van der Waals surface area contributed by atoms with Crippen LogP contribution >= 0.6 is 0 Å². The van der Waals surface area contributed by atoms with Crippen LogP contribution in [-0.2, 0) is 4.74 Å². The van der Waals surface area contributed by atoms with E-state index in [1.54, 1.807) is 0 Å². The molecule has 1 saturated heterocycles. The minimum absolute atomic E-state index is 0.297. The summed E-state index contributed by atoms with van der Waals surface area (Å²) in [5, 5.41) is 12.2. The fourth-order valence-corrected chi connectivity index (χ4v) is 1.83. The minimum atomic E-state index is 0.297. The molecule has 0 amide bonds. The van der Waals surface area contributed by atoms with Crippen molar-refractivity contribution in [3.05, 3.63) is 0 Å². The van der Waals surface area contributed by atoms with Gasteiger partial charge in [-0.25, -0.2) is 0 Å². The van der Waals surface area contributed by atoms with Gasteiger partial charge in [0.2, 0.25) is 0 Å². The van der Waals surface area contributed by atoms with Gasteiger partial charge in [-0.1, -0.05) is 0 Å². The molecule has 0 aromatic rings. The zero-order valence-corrected chi connectivity index (χ0v) is 7.75. The Labute approximate surface area is 74.1 Å². The van der Waals surface area contributed by atoms with Crippen molar-refractivity contribution >= 4 is 0 Å². The van der Waals surface area contributed by atoms with Gasteiger partial charge in [-0.05, 0) is 31.7 Å². The van der Waals surface area contributed by atoms with Gasteiger partial charge in [0.15, 0.2) is 0 Å². The average Bonchev–Trinajstić information content (AvgIpc) is 2.15. The summed E-state index contributed by atoms with van der Waals surface area (Å²) in [7, 11) is 1.93. The molecule has 1 aliphatic rings. The Morgan fingerprint density at radius 3 is 2.67 bits per heavy atom. The Morgan fingerprint density at radius 2 is 2.17 bits per heavy atom. The zero-order chi connectivity index (χ0) is 8.81. The summed E-state index contributed by atoms with van der Waals surface area (Å²) in [6, 6.07) is 0. The maximum Gasteiger partial charge on any atom is 0.0474 e. The van der Waals surface area contributed by atoms with Crippen LogP contribution in [0.5, 0.6) is 0 Å². The third-order valence-electron chi connectivity index (χ3n) is 2.63. The molecule has 0 radical (unpaired) electrons. The second-order valence-corrected chi connectivity index (χ2v) is 3.45. The highest BCUT2D eigenvalue weighted by Crippen LogP contribution is 2.22. The van der Waals surface area contributed by atoms with Crippen LogP contribution in [0.25, 0.3) is 0 Å². The lowest BCUT2D eigenvalue weighted by atomic mass is 9.86. The maximum atomic E-state index is 9.13. The predicted octanol–water partition coefficient (Wildman–Crippen LogP) is 0.241. The summed E-state index contributed by atoms with van der Waals surface area (Å²) in [5.74, 6) is 1.06. The van der Waals surface area contributed by atoms with Gasteiger partial charge in [0.25, 0.3) is 0 Å². The topological polar surface area (TPSA) is 41.5 Å². The van der Waals surface area contributed by atoms with Crippen LogP contribution < -0.4 is 5.32 Å². The predicted molar refractivity (Wildman–Crippen MR) is 48.0 cm³/mol. The Kier molecular flexibility index (Phi) is 4.58. The largest absolute Gasteiger partial charge is 0.396 e. The molecule has 0 saturated carbocycles. The highest BCUT2D eigenvalue weighted by Gasteiger charge is 2.22. The number of nitrogens with one attached hydrogen (secondary N) is 1. The Balaban J connectivity index is 2.29. The Bertz CT molecular complexity index is 110. The number of hydrogen-bond acceptors (Lipinski definition) is 3. The second-order valence-electron chi connectivity index (χ2n) is 3.45. The van der Waals surface area contributed by atoms with E-state index in [1.807, 2.05) is 7.05 Å². The van der Waals surface area contributed by atoms with Crippen molar-refractivity contribution in [3.63, 3.8) is 0 Å². The van der Waals surface area contributed by atoms with Crippen molar-refractivity contribution in [1.29, 1.82) is 0 Å². The highest BCUT2D eigenvalue weighted by molar-refractivity contribution is 4.73. The molecule has 1 unspecified atom stereocenters. The van der Waals surface area contributed by atoms with E-state index in [4.69, 9.17) is 9.84 Å². The van der Waals surface area contributed by atoms with Crippen LogP contribution in [0.2, 0.25) is 0 Å². The quantitative estimate of drug-likeness (QED) is 0.640. The van der Waals surface area contributed by atoms with Crippen LogP contribution in [0.1, 0.15) is 12.8 Å². The summed E-state index contributed by atoms with van der Waals surface area (Å²) in [6.07, 6.45) is 2.21. The van der Waals surface area contributed by atoms with Gasteiger partial charge >= 0.3 is 0 Å². The van der Waals surface area contributed by atoms with Crippen molar-refractivity contribution in [2.75, 3.05) is 33.4 Å². The SMILES string of the molecule is CNCC(CO)C1CCOCC1. The fraction of sp³-hybridized carbons (Fsp3) is 1.00. The van der Waals surface area contributed by atoms with Gasteiger partial charge in [-0.2, -0.15) is 0 Å². The first-order chi connectivity index (χ1) is 5.88. The van der Waals surface area contributed by atoms with E-state index in [2.05, 4.69) is 5.32 Å². The molecule has 3 nitrogen and oxygen atoms in total. The number of aliphatic hydroxyl groups is 1. The summed E-state index contributed by atoms with van der Waals surface area (Å²) in [4.78, 5) is 0. The fourth-order valence-electron chi connectivity index (χ4n) is 1.83. The van der Waals surface area contributed by atoms with Gasteiger partial charge in [-0.3, -0.25) is 0 Å². The first-order valence-corrected chi connectivity index (χ1v) is 4.71. The molecule has 3 heteroatoms. The van der Waals surface area contributed by atoms with E-state index >= 15 is 0 Å². The van der Waals surface area contributed by atoms with E-state index in [1.165, 1.54) is 0 Å². The molecule has 0 aliphatic carbocycles. The van der Waals surface area contributed by atoms with Crippen molar-refractivity contribution in [2.24, 2.45) is 11.8 Å². The molecule has 2 N–H and O–H groups in total. The zero-order valence-electron chi connectivity index (χ0n) is 7.75. The first-order valence-electron chi connectivity index (χ1n) is 4.71. The third kappa shape index (κ3) is 2.73. The summed E-state index contributed by atoms with van der Waals surface area (Å²) in [5.41, 5.74) is 0.